The molecule has 4 rings (SSSR count). The molecule has 0 fully saturated rings. The van der Waals surface area contributed by atoms with E-state index in [4.69, 9.17) is 4.74 Å². The first kappa shape index (κ1) is 18.8. The average Bonchev–Trinajstić information content (AvgIpc) is 2.95. The number of rotatable bonds is 3. The fourth-order valence-corrected chi connectivity index (χ4v) is 5.78. The van der Waals surface area contributed by atoms with Gasteiger partial charge in [0.15, 0.2) is 0 Å². The third kappa shape index (κ3) is 2.70. The fourth-order valence-electron chi connectivity index (χ4n) is 5.78. The fraction of sp³-hybridized carbons (Fsp3) is 0.640. The lowest BCUT2D eigenvalue weighted by atomic mass is 9.54. The van der Waals surface area contributed by atoms with Crippen molar-refractivity contribution in [2.24, 2.45) is 22.7 Å². The zero-order chi connectivity index (χ0) is 19.4. The lowest BCUT2D eigenvalue weighted by molar-refractivity contribution is -0.152. The molecular formula is C25H34O2. The number of esters is 1. The van der Waals surface area contributed by atoms with Crippen molar-refractivity contribution < 1.29 is 9.53 Å². The lowest BCUT2D eigenvalue weighted by Gasteiger charge is -2.50. The van der Waals surface area contributed by atoms with Gasteiger partial charge in [0.2, 0.25) is 0 Å². The predicted molar refractivity (Wildman–Crippen MR) is 110 cm³/mol. The van der Waals surface area contributed by atoms with Crippen LogP contribution in [-0.2, 0) is 9.53 Å². The van der Waals surface area contributed by atoms with E-state index < -0.39 is 0 Å². The van der Waals surface area contributed by atoms with Crippen molar-refractivity contribution in [1.82, 2.24) is 0 Å². The summed E-state index contributed by atoms with van der Waals surface area (Å²) in [5.74, 6) is 0.509. The molecule has 146 valence electrons. The van der Waals surface area contributed by atoms with Gasteiger partial charge in [-0.25, -0.2) is 0 Å². The van der Waals surface area contributed by atoms with Crippen molar-refractivity contribution >= 4 is 5.97 Å². The van der Waals surface area contributed by atoms with E-state index in [2.05, 4.69) is 52.0 Å². The molecule has 0 aromatic heterocycles. The molecule has 4 aliphatic rings. The summed E-state index contributed by atoms with van der Waals surface area (Å²) in [5, 5.41) is 0. The molecule has 0 aromatic carbocycles. The Bertz CT molecular complexity index is 780. The van der Waals surface area contributed by atoms with Crippen molar-refractivity contribution in [1.29, 1.82) is 0 Å². The van der Waals surface area contributed by atoms with E-state index in [-0.39, 0.29) is 28.8 Å². The van der Waals surface area contributed by atoms with Crippen molar-refractivity contribution in [3.8, 4) is 0 Å². The van der Waals surface area contributed by atoms with Crippen molar-refractivity contribution in [2.75, 3.05) is 0 Å². The standard InChI is InChI=1S/C25H34O2/c1-6-17(3)27-23(26)19-15-18-9-7-8-13-25(18,5)21-12-14-24(4)16(2)10-11-20(24)22(19)21/h8-9,11,13,16-17,19H,6-7,10,12,14-15H2,1-5H3/t16?,17?,19-,24-,25+/m1/s1. The molecule has 0 bridgehead atoms. The van der Waals surface area contributed by atoms with E-state index in [0.717, 1.165) is 32.1 Å². The van der Waals surface area contributed by atoms with Crippen LogP contribution in [0, 0.1) is 22.7 Å². The van der Waals surface area contributed by atoms with E-state index >= 15 is 0 Å². The molecule has 0 amide bonds. The van der Waals surface area contributed by atoms with E-state index in [1.807, 2.05) is 6.92 Å². The maximum Gasteiger partial charge on any atom is 0.314 e. The summed E-state index contributed by atoms with van der Waals surface area (Å²) in [5.41, 5.74) is 5.91. The summed E-state index contributed by atoms with van der Waals surface area (Å²) in [6, 6.07) is 0. The summed E-state index contributed by atoms with van der Waals surface area (Å²) in [7, 11) is 0. The normalized spacial score (nSPS) is 38.4. The Morgan fingerprint density at radius 3 is 2.85 bits per heavy atom. The molecule has 2 nitrogen and oxygen atoms in total. The minimum Gasteiger partial charge on any atom is -0.462 e. The molecule has 0 saturated heterocycles. The third-order valence-electron chi connectivity index (χ3n) is 8.08. The van der Waals surface area contributed by atoms with Crippen LogP contribution in [0.3, 0.4) is 0 Å². The molecule has 0 heterocycles. The Morgan fingerprint density at radius 2 is 2.11 bits per heavy atom. The largest absolute Gasteiger partial charge is 0.462 e. The highest BCUT2D eigenvalue weighted by molar-refractivity contribution is 5.80. The summed E-state index contributed by atoms with van der Waals surface area (Å²) < 4.78 is 5.86. The van der Waals surface area contributed by atoms with Crippen molar-refractivity contribution in [2.45, 2.75) is 79.2 Å². The molecule has 27 heavy (non-hydrogen) atoms. The number of fused-ring (bicyclic) bond motifs is 4. The Morgan fingerprint density at radius 1 is 1.33 bits per heavy atom. The van der Waals surface area contributed by atoms with Crippen LogP contribution >= 0.6 is 0 Å². The highest BCUT2D eigenvalue weighted by Gasteiger charge is 2.52. The predicted octanol–water partition coefficient (Wildman–Crippen LogP) is 6.30. The zero-order valence-corrected chi connectivity index (χ0v) is 17.6. The first-order valence-electron chi connectivity index (χ1n) is 10.8. The van der Waals surface area contributed by atoms with Crippen LogP contribution in [0.4, 0.5) is 0 Å². The topological polar surface area (TPSA) is 26.3 Å². The maximum absolute atomic E-state index is 13.2. The summed E-state index contributed by atoms with van der Waals surface area (Å²) in [4.78, 5) is 13.2. The van der Waals surface area contributed by atoms with Crippen molar-refractivity contribution in [3.05, 3.63) is 46.6 Å². The van der Waals surface area contributed by atoms with E-state index in [0.29, 0.717) is 5.92 Å². The number of hydrogen-bond acceptors (Lipinski definition) is 2. The van der Waals surface area contributed by atoms with Crippen molar-refractivity contribution in [3.63, 3.8) is 0 Å². The van der Waals surface area contributed by atoms with Crippen LogP contribution < -0.4 is 0 Å². The van der Waals surface area contributed by atoms with Crippen LogP contribution in [0.2, 0.25) is 0 Å². The minimum atomic E-state index is -0.129. The molecule has 0 aromatic rings. The first-order valence-corrected chi connectivity index (χ1v) is 10.8. The van der Waals surface area contributed by atoms with Gasteiger partial charge in [-0.15, -0.1) is 0 Å². The van der Waals surface area contributed by atoms with Gasteiger partial charge in [-0.05, 0) is 74.9 Å². The second-order valence-electron chi connectivity index (χ2n) is 9.55. The lowest BCUT2D eigenvalue weighted by Crippen LogP contribution is -2.41. The van der Waals surface area contributed by atoms with Gasteiger partial charge in [0.1, 0.15) is 0 Å². The number of ether oxygens (including phenoxy) is 1. The molecule has 0 radical (unpaired) electrons. The second kappa shape index (κ2) is 6.50. The van der Waals surface area contributed by atoms with Crippen LogP contribution in [0.5, 0.6) is 0 Å². The molecule has 2 unspecified atom stereocenters. The maximum atomic E-state index is 13.2. The smallest absolute Gasteiger partial charge is 0.314 e. The van der Waals surface area contributed by atoms with Crippen LogP contribution in [0.15, 0.2) is 46.6 Å². The second-order valence-corrected chi connectivity index (χ2v) is 9.55. The molecular weight excluding hydrogens is 332 g/mol. The Balaban J connectivity index is 1.84. The Kier molecular flexibility index (Phi) is 4.52. The number of allylic oxidation sites excluding steroid dienone is 7. The van der Waals surface area contributed by atoms with E-state index in [1.165, 1.54) is 28.7 Å². The highest BCUT2D eigenvalue weighted by Crippen LogP contribution is 2.62. The Hall–Kier alpha value is -1.57. The molecule has 0 N–H and O–H groups in total. The molecule has 0 spiro atoms. The van der Waals surface area contributed by atoms with Gasteiger partial charge in [-0.1, -0.05) is 56.2 Å². The van der Waals surface area contributed by atoms with Crippen LogP contribution in [0.25, 0.3) is 0 Å². The van der Waals surface area contributed by atoms with Crippen LogP contribution in [0.1, 0.15) is 73.1 Å². The van der Waals surface area contributed by atoms with Gasteiger partial charge in [-0.3, -0.25) is 4.79 Å². The number of carbonyl (C=O) groups is 1. The monoisotopic (exact) mass is 366 g/mol. The summed E-state index contributed by atoms with van der Waals surface area (Å²) >= 11 is 0. The average molecular weight is 367 g/mol. The Labute approximate surface area is 164 Å². The van der Waals surface area contributed by atoms with Gasteiger partial charge >= 0.3 is 5.97 Å². The number of carbonyl (C=O) groups excluding carboxylic acids is 1. The summed E-state index contributed by atoms with van der Waals surface area (Å²) in [6.45, 7) is 11.2. The van der Waals surface area contributed by atoms with Gasteiger partial charge < -0.3 is 4.74 Å². The molecule has 0 saturated carbocycles. The minimum absolute atomic E-state index is 0.00522. The first-order chi connectivity index (χ1) is 12.8. The molecule has 0 aliphatic heterocycles. The van der Waals surface area contributed by atoms with Gasteiger partial charge in [0.25, 0.3) is 0 Å². The molecule has 4 aliphatic carbocycles. The highest BCUT2D eigenvalue weighted by atomic mass is 16.5. The van der Waals surface area contributed by atoms with Crippen LogP contribution in [-0.4, -0.2) is 12.1 Å². The van der Waals surface area contributed by atoms with E-state index in [1.54, 1.807) is 0 Å². The van der Waals surface area contributed by atoms with E-state index in [9.17, 15) is 4.79 Å². The number of hydrogen-bond donors (Lipinski definition) is 0. The summed E-state index contributed by atoms with van der Waals surface area (Å²) in [6.07, 6.45) is 15.6. The van der Waals surface area contributed by atoms with Gasteiger partial charge in [-0.2, -0.15) is 0 Å². The molecule has 5 atom stereocenters. The van der Waals surface area contributed by atoms with Gasteiger partial charge in [0.05, 0.1) is 12.0 Å². The third-order valence-corrected chi connectivity index (χ3v) is 8.08. The molecule has 2 heteroatoms. The SMILES string of the molecule is CCC(C)OC(=O)[C@@H]1CC2=CCC=C[C@]2(C)C2=C1C1=CCC(C)[C@@]1(C)CC2. The quantitative estimate of drug-likeness (QED) is 0.432. The zero-order valence-electron chi connectivity index (χ0n) is 17.6. The van der Waals surface area contributed by atoms with Gasteiger partial charge in [0, 0.05) is 5.41 Å².